The summed E-state index contributed by atoms with van der Waals surface area (Å²) >= 11 is 0. The molecule has 5 fully saturated rings. The largest absolute Gasteiger partial charge is 0.463 e. The van der Waals surface area contributed by atoms with E-state index in [0.29, 0.717) is 39.3 Å². The van der Waals surface area contributed by atoms with Crippen LogP contribution >= 0.6 is 0 Å². The molecule has 1 heterocycles. The van der Waals surface area contributed by atoms with Crippen molar-refractivity contribution in [2.24, 2.45) is 29.1 Å². The predicted molar refractivity (Wildman–Crippen MR) is 102 cm³/mol. The van der Waals surface area contributed by atoms with Gasteiger partial charge >= 0.3 is 5.97 Å². The van der Waals surface area contributed by atoms with Crippen LogP contribution in [0, 0.1) is 29.1 Å². The van der Waals surface area contributed by atoms with Crippen molar-refractivity contribution in [2.45, 2.75) is 51.9 Å². The number of carbonyl (C=O) groups is 2. The Kier molecular flexibility index (Phi) is 5.58. The van der Waals surface area contributed by atoms with E-state index in [9.17, 15) is 9.59 Å². The van der Waals surface area contributed by atoms with Gasteiger partial charge < -0.3 is 14.4 Å². The summed E-state index contributed by atoms with van der Waals surface area (Å²) < 4.78 is 10.5. The van der Waals surface area contributed by atoms with E-state index in [0.717, 1.165) is 17.8 Å². The van der Waals surface area contributed by atoms with Crippen molar-refractivity contribution in [3.63, 3.8) is 0 Å². The molecule has 5 nitrogen and oxygen atoms in total. The van der Waals surface area contributed by atoms with E-state index in [1.165, 1.54) is 44.6 Å². The van der Waals surface area contributed by atoms with Gasteiger partial charge in [-0.1, -0.05) is 6.08 Å². The third-order valence-electron chi connectivity index (χ3n) is 7.36. The summed E-state index contributed by atoms with van der Waals surface area (Å²) in [6.07, 6.45) is 11.8. The van der Waals surface area contributed by atoms with Crippen molar-refractivity contribution in [3.05, 3.63) is 12.2 Å². The third-order valence-corrected chi connectivity index (χ3v) is 7.36. The fourth-order valence-corrected chi connectivity index (χ4v) is 6.71. The van der Waals surface area contributed by atoms with Crippen molar-refractivity contribution >= 4 is 11.9 Å². The van der Waals surface area contributed by atoms with Gasteiger partial charge in [-0.2, -0.15) is 0 Å². The van der Waals surface area contributed by atoms with Crippen molar-refractivity contribution in [3.8, 4) is 0 Å². The molecule has 150 valence electrons. The Morgan fingerprint density at radius 1 is 1.11 bits per heavy atom. The van der Waals surface area contributed by atoms with E-state index in [-0.39, 0.29) is 23.2 Å². The molecule has 4 bridgehead atoms. The van der Waals surface area contributed by atoms with Crippen molar-refractivity contribution < 1.29 is 19.1 Å². The topological polar surface area (TPSA) is 55.8 Å². The lowest BCUT2D eigenvalue weighted by atomic mass is 9.46. The Hall–Kier alpha value is -1.36. The maximum atomic E-state index is 13.5. The lowest BCUT2D eigenvalue weighted by Crippen LogP contribution is -2.55. The molecule has 0 aromatic heterocycles. The van der Waals surface area contributed by atoms with Crippen LogP contribution in [-0.2, 0) is 19.1 Å². The van der Waals surface area contributed by atoms with E-state index in [1.54, 1.807) is 0 Å². The van der Waals surface area contributed by atoms with Crippen LogP contribution in [0.2, 0.25) is 0 Å². The minimum Gasteiger partial charge on any atom is -0.463 e. The molecule has 0 aromatic rings. The summed E-state index contributed by atoms with van der Waals surface area (Å²) in [5.74, 6) is 2.41. The smallest absolute Gasteiger partial charge is 0.330 e. The minimum absolute atomic E-state index is 0.00493. The lowest BCUT2D eigenvalue weighted by Gasteiger charge is -2.59. The zero-order chi connectivity index (χ0) is 18.9. The molecule has 0 radical (unpaired) electrons. The first-order valence-corrected chi connectivity index (χ1v) is 10.8. The normalized spacial score (nSPS) is 36.2. The van der Waals surface area contributed by atoms with E-state index < -0.39 is 0 Å². The quantitative estimate of drug-likeness (QED) is 0.528. The second kappa shape index (κ2) is 7.94. The van der Waals surface area contributed by atoms with Gasteiger partial charge in [0.2, 0.25) is 5.91 Å². The van der Waals surface area contributed by atoms with E-state index >= 15 is 0 Å². The fraction of sp³-hybridized carbons (Fsp3) is 0.818. The highest BCUT2D eigenvalue weighted by Gasteiger charge is 2.55. The first-order valence-electron chi connectivity index (χ1n) is 10.8. The molecule has 1 amide bonds. The summed E-state index contributed by atoms with van der Waals surface area (Å²) in [5, 5.41) is 0. The highest BCUT2D eigenvalue weighted by molar-refractivity contribution is 5.83. The molecule has 1 atom stereocenters. The Labute approximate surface area is 162 Å². The standard InChI is InChI=1S/C22H33NO4/c1-2-27-20(24)5-3-4-19(21(25)23-6-8-26-9-7-23)22-13-16-10-17(14-22)12-18(11-16)15-22/h3,5,16-19H,2,4,6-15H2,1H3/b5-3+. The number of hydrogen-bond acceptors (Lipinski definition) is 4. The highest BCUT2D eigenvalue weighted by Crippen LogP contribution is 2.63. The molecule has 5 heteroatoms. The molecule has 1 unspecified atom stereocenters. The summed E-state index contributed by atoms with van der Waals surface area (Å²) in [6.45, 7) is 4.86. The molecule has 5 rings (SSSR count). The molecule has 0 N–H and O–H groups in total. The number of esters is 1. The van der Waals surface area contributed by atoms with Crippen molar-refractivity contribution in [1.82, 2.24) is 4.90 Å². The van der Waals surface area contributed by atoms with Crippen LogP contribution in [0.1, 0.15) is 51.9 Å². The van der Waals surface area contributed by atoms with Crippen molar-refractivity contribution in [2.75, 3.05) is 32.9 Å². The average molecular weight is 376 g/mol. The van der Waals surface area contributed by atoms with Crippen LogP contribution < -0.4 is 0 Å². The van der Waals surface area contributed by atoms with Gasteiger partial charge in [-0.25, -0.2) is 4.79 Å². The van der Waals surface area contributed by atoms with Gasteiger partial charge in [0, 0.05) is 25.1 Å². The summed E-state index contributed by atoms with van der Waals surface area (Å²) in [7, 11) is 0. The molecule has 4 aliphatic carbocycles. The number of allylic oxidation sites excluding steroid dienone is 1. The zero-order valence-corrected chi connectivity index (χ0v) is 16.5. The van der Waals surface area contributed by atoms with Gasteiger partial charge in [0.25, 0.3) is 0 Å². The predicted octanol–water partition coefficient (Wildman–Crippen LogP) is 3.19. The lowest BCUT2D eigenvalue weighted by molar-refractivity contribution is -0.155. The van der Waals surface area contributed by atoms with Gasteiger partial charge in [0.1, 0.15) is 0 Å². The van der Waals surface area contributed by atoms with Gasteiger partial charge in [0.15, 0.2) is 0 Å². The molecule has 0 aromatic carbocycles. The average Bonchev–Trinajstić information content (AvgIpc) is 2.64. The molecular formula is C22H33NO4. The maximum Gasteiger partial charge on any atom is 0.330 e. The summed E-state index contributed by atoms with van der Waals surface area (Å²) in [5.41, 5.74) is 0.142. The molecule has 0 spiro atoms. The third kappa shape index (κ3) is 3.94. The molecular weight excluding hydrogens is 342 g/mol. The van der Waals surface area contributed by atoms with Crippen LogP contribution in [0.3, 0.4) is 0 Å². The Balaban J connectivity index is 1.54. The maximum absolute atomic E-state index is 13.5. The van der Waals surface area contributed by atoms with E-state index in [1.807, 2.05) is 17.9 Å². The molecule has 4 saturated carbocycles. The number of rotatable bonds is 6. The van der Waals surface area contributed by atoms with E-state index in [4.69, 9.17) is 9.47 Å². The number of ether oxygens (including phenoxy) is 2. The summed E-state index contributed by atoms with van der Waals surface area (Å²) in [4.78, 5) is 27.3. The van der Waals surface area contributed by atoms with Crippen LogP contribution in [0.15, 0.2) is 12.2 Å². The minimum atomic E-state index is -0.305. The first kappa shape index (κ1) is 19.0. The number of carbonyl (C=O) groups excluding carboxylic acids is 2. The van der Waals surface area contributed by atoms with Crippen LogP contribution in [0.5, 0.6) is 0 Å². The zero-order valence-electron chi connectivity index (χ0n) is 16.5. The first-order chi connectivity index (χ1) is 13.1. The number of morpholine rings is 1. The number of nitrogens with zero attached hydrogens (tertiary/aromatic N) is 1. The van der Waals surface area contributed by atoms with Crippen LogP contribution in [0.4, 0.5) is 0 Å². The molecule has 5 aliphatic rings. The number of hydrogen-bond donors (Lipinski definition) is 0. The van der Waals surface area contributed by atoms with Gasteiger partial charge in [-0.05, 0) is 75.0 Å². The van der Waals surface area contributed by atoms with Crippen LogP contribution in [0.25, 0.3) is 0 Å². The van der Waals surface area contributed by atoms with Gasteiger partial charge in [-0.3, -0.25) is 4.79 Å². The SMILES string of the molecule is CCOC(=O)/C=C/CC(C(=O)N1CCOCC1)C12CC3CC(CC(C3)C1)C2. The Bertz CT molecular complexity index is 558. The number of amides is 1. The van der Waals surface area contributed by atoms with Crippen LogP contribution in [-0.4, -0.2) is 49.7 Å². The van der Waals surface area contributed by atoms with Gasteiger partial charge in [-0.15, -0.1) is 0 Å². The fourth-order valence-electron chi connectivity index (χ4n) is 6.71. The Morgan fingerprint density at radius 2 is 1.70 bits per heavy atom. The second-order valence-corrected chi connectivity index (χ2v) is 9.16. The highest BCUT2D eigenvalue weighted by atomic mass is 16.5. The molecule has 27 heavy (non-hydrogen) atoms. The molecule has 1 saturated heterocycles. The molecule has 1 aliphatic heterocycles. The van der Waals surface area contributed by atoms with E-state index in [2.05, 4.69) is 0 Å². The second-order valence-electron chi connectivity index (χ2n) is 9.16. The Morgan fingerprint density at radius 3 is 2.26 bits per heavy atom. The van der Waals surface area contributed by atoms with Crippen molar-refractivity contribution in [1.29, 1.82) is 0 Å². The van der Waals surface area contributed by atoms with Gasteiger partial charge in [0.05, 0.1) is 19.8 Å². The summed E-state index contributed by atoms with van der Waals surface area (Å²) in [6, 6.07) is 0. The monoisotopic (exact) mass is 375 g/mol.